The fourth-order valence-electron chi connectivity index (χ4n) is 4.08. The molecule has 0 aliphatic carbocycles. The van der Waals surface area contributed by atoms with Crippen molar-refractivity contribution in [3.8, 4) is 22.4 Å². The van der Waals surface area contributed by atoms with E-state index >= 15 is 0 Å². The average molecular weight is 526 g/mol. The van der Waals surface area contributed by atoms with Crippen molar-refractivity contribution in [1.29, 1.82) is 0 Å². The Hall–Kier alpha value is -2.97. The van der Waals surface area contributed by atoms with E-state index in [9.17, 15) is 9.90 Å². The number of ether oxygens (including phenoxy) is 1. The third-order valence-corrected chi connectivity index (χ3v) is 7.43. The van der Waals surface area contributed by atoms with Crippen LogP contribution in [0.4, 0.5) is 5.69 Å². The lowest BCUT2D eigenvalue weighted by Crippen LogP contribution is -2.39. The number of fused-ring (bicyclic) bond motifs is 1. The minimum atomic E-state index is -1.03. The molecule has 1 fully saturated rings. The Labute approximate surface area is 216 Å². The number of hydrogen-bond acceptors (Lipinski definition) is 5. The molecule has 2 aromatic heterocycles. The highest BCUT2D eigenvalue weighted by atomic mass is 35.5. The van der Waals surface area contributed by atoms with Crippen LogP contribution in [-0.4, -0.2) is 53.1 Å². The molecule has 1 saturated heterocycles. The van der Waals surface area contributed by atoms with E-state index in [-0.39, 0.29) is 4.88 Å². The predicted molar refractivity (Wildman–Crippen MR) is 143 cm³/mol. The maximum atomic E-state index is 12.3. The number of pyridine rings is 1. The summed E-state index contributed by atoms with van der Waals surface area (Å²) in [5.74, 6) is -0.282. The van der Waals surface area contributed by atoms with Gasteiger partial charge < -0.3 is 14.7 Å². The second-order valence-corrected chi connectivity index (χ2v) is 9.96. The smallest absolute Gasteiger partial charge is 0.348 e. The van der Waals surface area contributed by atoms with Gasteiger partial charge in [0.05, 0.1) is 18.9 Å². The van der Waals surface area contributed by atoms with Gasteiger partial charge in [-0.2, -0.15) is 0 Å². The number of carboxylic acids is 1. The summed E-state index contributed by atoms with van der Waals surface area (Å²) in [6, 6.07) is 16.9. The first-order valence-corrected chi connectivity index (χ1v) is 12.6. The second-order valence-electron chi connectivity index (χ2n) is 8.09. The van der Waals surface area contributed by atoms with Crippen molar-refractivity contribution in [1.82, 2.24) is 9.88 Å². The fraction of sp³-hybridized carbons (Fsp3) is 0.192. The lowest BCUT2D eigenvalue weighted by molar-refractivity contribution is 0.0677. The molecule has 2 aromatic carbocycles. The second kappa shape index (κ2) is 9.95. The van der Waals surface area contributed by atoms with Gasteiger partial charge in [0.2, 0.25) is 0 Å². The van der Waals surface area contributed by atoms with Crippen molar-refractivity contribution in [3.05, 3.63) is 69.5 Å². The van der Waals surface area contributed by atoms with E-state index in [0.29, 0.717) is 52.3 Å². The molecule has 1 N–H and O–H groups in total. The molecule has 1 aliphatic rings. The maximum absolute atomic E-state index is 12.3. The van der Waals surface area contributed by atoms with Crippen LogP contribution in [0.15, 0.2) is 59.6 Å². The Morgan fingerprint density at radius 3 is 2.23 bits per heavy atom. The molecule has 6 nitrogen and oxygen atoms in total. The molecule has 0 spiro atoms. The van der Waals surface area contributed by atoms with Gasteiger partial charge in [-0.15, -0.1) is 11.3 Å². The highest BCUT2D eigenvalue weighted by Gasteiger charge is 2.24. The number of aliphatic imine (C=N–C) groups is 1. The number of aromatic nitrogens is 1. The maximum Gasteiger partial charge on any atom is 0.348 e. The predicted octanol–water partition coefficient (Wildman–Crippen LogP) is 7.02. The Morgan fingerprint density at radius 1 is 1.03 bits per heavy atom. The van der Waals surface area contributed by atoms with Crippen molar-refractivity contribution in [2.75, 3.05) is 26.3 Å². The van der Waals surface area contributed by atoms with Crippen LogP contribution in [0.3, 0.4) is 0 Å². The summed E-state index contributed by atoms with van der Waals surface area (Å²) < 4.78 is 5.45. The van der Waals surface area contributed by atoms with Gasteiger partial charge in [0.15, 0.2) is 0 Å². The summed E-state index contributed by atoms with van der Waals surface area (Å²) in [6.45, 7) is 4.56. The van der Waals surface area contributed by atoms with E-state index in [0.717, 1.165) is 39.6 Å². The molecular formula is C26H21Cl2N3O3S. The number of rotatable bonds is 4. The Bertz CT molecular complexity index is 1430. The number of nitrogens with zero attached hydrogens (tertiary/aromatic N) is 3. The number of thiophene rings is 1. The van der Waals surface area contributed by atoms with Crippen LogP contribution in [0, 0.1) is 0 Å². The van der Waals surface area contributed by atoms with Crippen molar-refractivity contribution in [2.24, 2.45) is 4.99 Å². The monoisotopic (exact) mass is 525 g/mol. The molecule has 1 aliphatic heterocycles. The van der Waals surface area contributed by atoms with Gasteiger partial charge in [-0.1, -0.05) is 47.5 Å². The number of morpholine rings is 1. The molecule has 0 amide bonds. The summed E-state index contributed by atoms with van der Waals surface area (Å²) in [5, 5.41) is 12.0. The third kappa shape index (κ3) is 4.90. The van der Waals surface area contributed by atoms with E-state index in [2.05, 4.69) is 4.90 Å². The third-order valence-electron chi connectivity index (χ3n) is 5.87. The topological polar surface area (TPSA) is 75.0 Å². The van der Waals surface area contributed by atoms with Crippen LogP contribution in [-0.2, 0) is 4.74 Å². The number of amidine groups is 1. The van der Waals surface area contributed by atoms with Crippen LogP contribution < -0.4 is 0 Å². The highest BCUT2D eigenvalue weighted by molar-refractivity contribution is 7.21. The lowest BCUT2D eigenvalue weighted by atomic mass is 9.99. The zero-order valence-corrected chi connectivity index (χ0v) is 21.1. The minimum Gasteiger partial charge on any atom is -0.477 e. The number of carbonyl (C=O) groups is 1. The minimum absolute atomic E-state index is 0.156. The zero-order chi connectivity index (χ0) is 24.5. The lowest BCUT2D eigenvalue weighted by Gasteiger charge is -2.28. The van der Waals surface area contributed by atoms with E-state index in [4.69, 9.17) is 37.9 Å². The number of halogens is 2. The van der Waals surface area contributed by atoms with Crippen molar-refractivity contribution in [3.63, 3.8) is 0 Å². The van der Waals surface area contributed by atoms with E-state index in [1.165, 1.54) is 0 Å². The normalized spacial score (nSPS) is 14.5. The largest absolute Gasteiger partial charge is 0.477 e. The summed E-state index contributed by atoms with van der Waals surface area (Å²) >= 11 is 13.4. The summed E-state index contributed by atoms with van der Waals surface area (Å²) in [5.41, 5.74) is 3.76. The van der Waals surface area contributed by atoms with Gasteiger partial charge in [0.25, 0.3) is 0 Å². The molecule has 0 atom stereocenters. The van der Waals surface area contributed by atoms with Gasteiger partial charge in [-0.25, -0.2) is 14.8 Å². The molecule has 4 aromatic rings. The highest BCUT2D eigenvalue weighted by Crippen LogP contribution is 2.44. The number of aromatic carboxylic acids is 1. The van der Waals surface area contributed by atoms with Crippen LogP contribution in [0.2, 0.25) is 10.0 Å². The standard InChI is InChI=1S/C26H21Cl2N3O3S/c1-15(31-10-12-34-13-11-31)29-23-22-20(16-2-6-18(27)7-3-16)14-21(17-4-8-19(28)9-5-17)30-25(22)35-24(23)26(32)33/h2-9,14H,10-13H2,1H3,(H,32,33). The van der Waals surface area contributed by atoms with Gasteiger partial charge in [0.1, 0.15) is 21.2 Å². The van der Waals surface area contributed by atoms with Crippen molar-refractivity contribution >= 4 is 62.2 Å². The van der Waals surface area contributed by atoms with Gasteiger partial charge >= 0.3 is 5.97 Å². The molecule has 0 unspecified atom stereocenters. The van der Waals surface area contributed by atoms with E-state index in [1.807, 2.05) is 61.5 Å². The van der Waals surface area contributed by atoms with Gasteiger partial charge in [-0.3, -0.25) is 0 Å². The van der Waals surface area contributed by atoms with Crippen LogP contribution in [0.1, 0.15) is 16.6 Å². The van der Waals surface area contributed by atoms with Gasteiger partial charge in [-0.05, 0) is 48.4 Å². The van der Waals surface area contributed by atoms with Crippen LogP contribution in [0.25, 0.3) is 32.6 Å². The van der Waals surface area contributed by atoms with Gasteiger partial charge in [0, 0.05) is 34.1 Å². The molecule has 3 heterocycles. The Morgan fingerprint density at radius 2 is 1.63 bits per heavy atom. The van der Waals surface area contributed by atoms with Crippen LogP contribution >= 0.6 is 34.5 Å². The zero-order valence-electron chi connectivity index (χ0n) is 18.8. The quantitative estimate of drug-likeness (QED) is 0.229. The SMILES string of the molecule is CC(=Nc1c(C(=O)O)sc2nc(-c3ccc(Cl)cc3)cc(-c3ccc(Cl)cc3)c12)N1CCOCC1. The average Bonchev–Trinajstić information content (AvgIpc) is 3.23. The molecular weight excluding hydrogens is 505 g/mol. The summed E-state index contributed by atoms with van der Waals surface area (Å²) in [7, 11) is 0. The molecule has 0 saturated carbocycles. The Kier molecular flexibility index (Phi) is 6.75. The molecule has 35 heavy (non-hydrogen) atoms. The Balaban J connectivity index is 1.77. The molecule has 0 radical (unpaired) electrons. The molecule has 0 bridgehead atoms. The van der Waals surface area contributed by atoms with Crippen molar-refractivity contribution in [2.45, 2.75) is 6.92 Å². The van der Waals surface area contributed by atoms with Crippen LogP contribution in [0.5, 0.6) is 0 Å². The first kappa shape index (κ1) is 23.8. The molecule has 178 valence electrons. The first-order valence-electron chi connectivity index (χ1n) is 11.0. The van der Waals surface area contributed by atoms with E-state index < -0.39 is 5.97 Å². The summed E-state index contributed by atoms with van der Waals surface area (Å²) in [6.07, 6.45) is 0. The number of benzene rings is 2. The molecule has 5 rings (SSSR count). The number of carboxylic acid groups (broad SMARTS) is 1. The fourth-order valence-corrected chi connectivity index (χ4v) is 5.31. The number of hydrogen-bond donors (Lipinski definition) is 1. The first-order chi connectivity index (χ1) is 16.9. The van der Waals surface area contributed by atoms with Crippen molar-refractivity contribution < 1.29 is 14.6 Å². The molecule has 9 heteroatoms. The van der Waals surface area contributed by atoms with E-state index in [1.54, 1.807) is 0 Å². The summed E-state index contributed by atoms with van der Waals surface area (Å²) in [4.78, 5) is 24.8.